The van der Waals surface area contributed by atoms with E-state index in [1.54, 1.807) is 42.5 Å². The Kier molecular flexibility index (Phi) is 7.34. The molecule has 0 saturated carbocycles. The molecule has 0 aromatic heterocycles. The van der Waals surface area contributed by atoms with Crippen LogP contribution in [-0.2, 0) is 21.0 Å². The van der Waals surface area contributed by atoms with Crippen LogP contribution in [-0.4, -0.2) is 20.9 Å². The molecule has 0 atom stereocenters. The first-order valence-corrected chi connectivity index (χ1v) is 11.6. The lowest BCUT2D eigenvalue weighted by molar-refractivity contribution is -0.137. The molecule has 0 fully saturated rings. The summed E-state index contributed by atoms with van der Waals surface area (Å²) in [6, 6.07) is 17.6. The zero-order valence-corrected chi connectivity index (χ0v) is 19.0. The van der Waals surface area contributed by atoms with Gasteiger partial charge in [-0.1, -0.05) is 47.5 Å². The summed E-state index contributed by atoms with van der Waals surface area (Å²) in [4.78, 5) is 12.5. The lowest BCUT2D eigenvalue weighted by Gasteiger charge is -2.24. The number of anilines is 2. The third-order valence-corrected chi connectivity index (χ3v) is 6.92. The van der Waals surface area contributed by atoms with Gasteiger partial charge in [-0.25, -0.2) is 8.42 Å². The predicted octanol–water partition coefficient (Wildman–Crippen LogP) is 5.89. The molecule has 0 radical (unpaired) electrons. The summed E-state index contributed by atoms with van der Waals surface area (Å²) >= 11 is 5.60. The SMILES string of the molecule is Cc1ccc(S(=O)(=O)N(CCC(=O)Nc2ccc(Cl)c(C(F)(F)F)c2)c2ccccc2)cc1. The maximum Gasteiger partial charge on any atom is 0.417 e. The summed E-state index contributed by atoms with van der Waals surface area (Å²) in [6.45, 7) is 1.61. The van der Waals surface area contributed by atoms with Crippen LogP contribution >= 0.6 is 11.6 Å². The summed E-state index contributed by atoms with van der Waals surface area (Å²) in [5, 5.41) is 1.88. The molecule has 0 unspecified atom stereocenters. The van der Waals surface area contributed by atoms with E-state index < -0.39 is 32.7 Å². The van der Waals surface area contributed by atoms with Gasteiger partial charge in [0.1, 0.15) is 0 Å². The molecule has 0 bridgehead atoms. The highest BCUT2D eigenvalue weighted by atomic mass is 35.5. The highest BCUT2D eigenvalue weighted by Crippen LogP contribution is 2.36. The van der Waals surface area contributed by atoms with Crippen molar-refractivity contribution in [2.75, 3.05) is 16.2 Å². The molecule has 10 heteroatoms. The van der Waals surface area contributed by atoms with Crippen LogP contribution in [0.5, 0.6) is 0 Å². The molecule has 0 heterocycles. The van der Waals surface area contributed by atoms with Crippen molar-refractivity contribution in [3.8, 4) is 0 Å². The predicted molar refractivity (Wildman–Crippen MR) is 122 cm³/mol. The van der Waals surface area contributed by atoms with E-state index in [2.05, 4.69) is 5.32 Å². The van der Waals surface area contributed by atoms with Gasteiger partial charge < -0.3 is 5.32 Å². The van der Waals surface area contributed by atoms with Crippen LogP contribution in [0.25, 0.3) is 0 Å². The van der Waals surface area contributed by atoms with Gasteiger partial charge in [-0.15, -0.1) is 0 Å². The Bertz CT molecular complexity index is 1230. The van der Waals surface area contributed by atoms with Gasteiger partial charge in [-0.05, 0) is 49.4 Å². The number of carbonyl (C=O) groups excluding carboxylic acids is 1. The minimum absolute atomic E-state index is 0.0601. The van der Waals surface area contributed by atoms with Crippen molar-refractivity contribution in [1.82, 2.24) is 0 Å². The molecule has 33 heavy (non-hydrogen) atoms. The van der Waals surface area contributed by atoms with Gasteiger partial charge in [-0.2, -0.15) is 13.2 Å². The van der Waals surface area contributed by atoms with Crippen LogP contribution in [0.1, 0.15) is 17.5 Å². The molecule has 0 saturated heterocycles. The maximum absolute atomic E-state index is 13.3. The fourth-order valence-corrected chi connectivity index (χ4v) is 4.76. The molecule has 1 N–H and O–H groups in total. The second kappa shape index (κ2) is 9.84. The number of alkyl halides is 3. The van der Waals surface area contributed by atoms with Crippen LogP contribution < -0.4 is 9.62 Å². The zero-order valence-electron chi connectivity index (χ0n) is 17.4. The minimum Gasteiger partial charge on any atom is -0.326 e. The lowest BCUT2D eigenvalue weighted by atomic mass is 10.2. The number of nitrogens with one attached hydrogen (secondary N) is 1. The smallest absolute Gasteiger partial charge is 0.326 e. The van der Waals surface area contributed by atoms with Gasteiger partial charge in [0.15, 0.2) is 0 Å². The molecule has 3 aromatic rings. The molecular formula is C23H20ClF3N2O3S. The fraction of sp³-hybridized carbons (Fsp3) is 0.174. The number of hydrogen-bond donors (Lipinski definition) is 1. The molecule has 0 aliphatic heterocycles. The molecule has 0 aliphatic carbocycles. The number of para-hydroxylation sites is 1. The first-order chi connectivity index (χ1) is 15.5. The van der Waals surface area contributed by atoms with Crippen LogP contribution in [0.4, 0.5) is 24.5 Å². The normalized spacial score (nSPS) is 11.8. The Labute approximate surface area is 194 Å². The summed E-state index contributed by atoms with van der Waals surface area (Å²) in [7, 11) is -3.98. The molecule has 5 nitrogen and oxygen atoms in total. The first-order valence-electron chi connectivity index (χ1n) is 9.79. The average Bonchev–Trinajstić information content (AvgIpc) is 2.75. The minimum atomic E-state index is -4.68. The third kappa shape index (κ3) is 6.06. The van der Waals surface area contributed by atoms with E-state index in [1.165, 1.54) is 18.2 Å². The molecular weight excluding hydrogens is 477 g/mol. The zero-order chi connectivity index (χ0) is 24.2. The van der Waals surface area contributed by atoms with Crippen molar-refractivity contribution in [3.05, 3.63) is 88.9 Å². The summed E-state index contributed by atoms with van der Waals surface area (Å²) in [6.07, 6.45) is -4.96. The number of rotatable bonds is 7. The van der Waals surface area contributed by atoms with Gasteiger partial charge in [0, 0.05) is 18.7 Å². The van der Waals surface area contributed by atoms with Crippen LogP contribution in [0.3, 0.4) is 0 Å². The van der Waals surface area contributed by atoms with Crippen LogP contribution in [0.2, 0.25) is 5.02 Å². The monoisotopic (exact) mass is 496 g/mol. The highest BCUT2D eigenvalue weighted by Gasteiger charge is 2.33. The van der Waals surface area contributed by atoms with E-state index in [1.807, 2.05) is 6.92 Å². The molecule has 0 spiro atoms. The topological polar surface area (TPSA) is 66.5 Å². The van der Waals surface area contributed by atoms with Crippen molar-refractivity contribution in [2.45, 2.75) is 24.4 Å². The van der Waals surface area contributed by atoms with Crippen LogP contribution in [0.15, 0.2) is 77.7 Å². The second-order valence-electron chi connectivity index (χ2n) is 7.22. The van der Waals surface area contributed by atoms with Crippen molar-refractivity contribution in [1.29, 1.82) is 0 Å². The Morgan fingerprint density at radius 3 is 2.24 bits per heavy atom. The Hall–Kier alpha value is -3.04. The Morgan fingerprint density at radius 1 is 1.00 bits per heavy atom. The maximum atomic E-state index is 13.3. The number of amides is 1. The van der Waals surface area contributed by atoms with Crippen LogP contribution in [0, 0.1) is 6.92 Å². The number of aryl methyl sites for hydroxylation is 1. The van der Waals surface area contributed by atoms with Crippen molar-refractivity contribution in [2.24, 2.45) is 0 Å². The van der Waals surface area contributed by atoms with Gasteiger partial charge in [-0.3, -0.25) is 9.10 Å². The number of sulfonamides is 1. The van der Waals surface area contributed by atoms with E-state index in [4.69, 9.17) is 11.6 Å². The molecule has 3 aromatic carbocycles. The van der Waals surface area contributed by atoms with Crippen molar-refractivity contribution < 1.29 is 26.4 Å². The van der Waals surface area contributed by atoms with E-state index in [0.717, 1.165) is 22.0 Å². The molecule has 0 aliphatic rings. The number of benzene rings is 3. The van der Waals surface area contributed by atoms with Gasteiger partial charge >= 0.3 is 6.18 Å². The molecule has 3 rings (SSSR count). The average molecular weight is 497 g/mol. The van der Waals surface area contributed by atoms with Crippen molar-refractivity contribution >= 4 is 38.9 Å². The molecule has 1 amide bonds. The van der Waals surface area contributed by atoms with E-state index in [0.29, 0.717) is 5.69 Å². The standard InChI is InChI=1S/C23H20ClF3N2O3S/c1-16-7-10-19(11-8-16)33(31,32)29(18-5-3-2-4-6-18)14-13-22(30)28-17-9-12-21(24)20(15-17)23(25,26)27/h2-12,15H,13-14H2,1H3,(H,28,30). The number of carbonyl (C=O) groups is 1. The third-order valence-electron chi connectivity index (χ3n) is 4.75. The number of nitrogens with zero attached hydrogens (tertiary/aromatic N) is 1. The summed E-state index contributed by atoms with van der Waals surface area (Å²) in [5.74, 6) is -0.648. The molecule has 174 valence electrons. The lowest BCUT2D eigenvalue weighted by Crippen LogP contribution is -2.34. The quantitative estimate of drug-likeness (QED) is 0.443. The fourth-order valence-electron chi connectivity index (χ4n) is 3.07. The Morgan fingerprint density at radius 2 is 1.64 bits per heavy atom. The largest absolute Gasteiger partial charge is 0.417 e. The van der Waals surface area contributed by atoms with E-state index in [-0.39, 0.29) is 23.5 Å². The van der Waals surface area contributed by atoms with E-state index in [9.17, 15) is 26.4 Å². The Balaban J connectivity index is 1.81. The van der Waals surface area contributed by atoms with Gasteiger partial charge in [0.05, 0.1) is 21.2 Å². The van der Waals surface area contributed by atoms with Gasteiger partial charge in [0.25, 0.3) is 10.0 Å². The second-order valence-corrected chi connectivity index (χ2v) is 9.49. The number of halogens is 4. The highest BCUT2D eigenvalue weighted by molar-refractivity contribution is 7.92. The number of hydrogen-bond acceptors (Lipinski definition) is 3. The van der Waals surface area contributed by atoms with Crippen molar-refractivity contribution in [3.63, 3.8) is 0 Å². The van der Waals surface area contributed by atoms with E-state index >= 15 is 0 Å². The van der Waals surface area contributed by atoms with Gasteiger partial charge in [0.2, 0.25) is 5.91 Å². The summed E-state index contributed by atoms with van der Waals surface area (Å²) in [5.41, 5.74) is 0.0803. The first kappa shape index (κ1) is 24.6. The summed E-state index contributed by atoms with van der Waals surface area (Å²) < 4.78 is 66.8.